The van der Waals surface area contributed by atoms with Crippen molar-refractivity contribution in [3.8, 4) is 17.2 Å². The summed E-state index contributed by atoms with van der Waals surface area (Å²) in [5, 5.41) is 11.0. The molecule has 0 fully saturated rings. The molecular weight excluding hydrogens is 330 g/mol. The average molecular weight is 351 g/mol. The van der Waals surface area contributed by atoms with Gasteiger partial charge in [0.1, 0.15) is 5.75 Å². The fourth-order valence-electron chi connectivity index (χ4n) is 2.50. The molecule has 0 aliphatic heterocycles. The molecule has 26 heavy (non-hydrogen) atoms. The van der Waals surface area contributed by atoms with Crippen molar-refractivity contribution in [1.82, 2.24) is 15.5 Å². The minimum atomic E-state index is -0.111. The Kier molecular flexibility index (Phi) is 5.31. The molecule has 1 amide bonds. The number of rotatable bonds is 6. The van der Waals surface area contributed by atoms with Gasteiger partial charge in [0, 0.05) is 24.1 Å². The maximum absolute atomic E-state index is 12.2. The fourth-order valence-corrected chi connectivity index (χ4v) is 2.50. The number of benzene rings is 2. The maximum atomic E-state index is 12.2. The zero-order valence-corrected chi connectivity index (χ0v) is 15.1. The molecule has 6 nitrogen and oxygen atoms in total. The molecule has 0 aliphatic carbocycles. The Hall–Kier alpha value is -3.15. The van der Waals surface area contributed by atoms with Crippen LogP contribution in [0.15, 0.2) is 46.9 Å². The van der Waals surface area contributed by atoms with Crippen molar-refractivity contribution >= 4 is 5.91 Å². The van der Waals surface area contributed by atoms with Gasteiger partial charge in [-0.3, -0.25) is 4.79 Å². The van der Waals surface area contributed by atoms with Crippen molar-refractivity contribution in [2.24, 2.45) is 0 Å². The van der Waals surface area contributed by atoms with E-state index in [9.17, 15) is 4.79 Å². The third kappa shape index (κ3) is 4.08. The lowest BCUT2D eigenvalue weighted by atomic mass is 10.1. The van der Waals surface area contributed by atoms with Crippen LogP contribution >= 0.6 is 0 Å². The van der Waals surface area contributed by atoms with Crippen LogP contribution < -0.4 is 10.1 Å². The quantitative estimate of drug-likeness (QED) is 0.737. The highest BCUT2D eigenvalue weighted by Crippen LogP contribution is 2.22. The van der Waals surface area contributed by atoms with Crippen LogP contribution in [0.1, 0.15) is 27.4 Å². The lowest BCUT2D eigenvalue weighted by Gasteiger charge is -2.06. The first-order chi connectivity index (χ1) is 12.6. The number of nitrogens with one attached hydrogen (secondary N) is 1. The molecule has 0 saturated carbocycles. The predicted molar refractivity (Wildman–Crippen MR) is 98.2 cm³/mol. The predicted octanol–water partition coefficient (Wildman–Crippen LogP) is 3.33. The maximum Gasteiger partial charge on any atom is 0.251 e. The molecule has 3 rings (SSSR count). The Morgan fingerprint density at radius 1 is 1.12 bits per heavy atom. The minimum absolute atomic E-state index is 0.111. The Balaban J connectivity index is 1.58. The largest absolute Gasteiger partial charge is 0.497 e. The van der Waals surface area contributed by atoms with Gasteiger partial charge in [-0.25, -0.2) is 0 Å². The van der Waals surface area contributed by atoms with E-state index in [-0.39, 0.29) is 5.91 Å². The van der Waals surface area contributed by atoms with Gasteiger partial charge in [-0.1, -0.05) is 12.1 Å². The van der Waals surface area contributed by atoms with Crippen LogP contribution in [0.3, 0.4) is 0 Å². The SMILES string of the molecule is COc1cccc(-c2nnc(CCNC(=O)c3ccc(C)c(C)c3)o2)c1. The Bertz CT molecular complexity index is 918. The lowest BCUT2D eigenvalue weighted by Crippen LogP contribution is -2.25. The second-order valence-electron chi connectivity index (χ2n) is 6.04. The molecule has 0 radical (unpaired) electrons. The van der Waals surface area contributed by atoms with Crippen molar-refractivity contribution in [3.63, 3.8) is 0 Å². The van der Waals surface area contributed by atoms with Gasteiger partial charge in [-0.15, -0.1) is 10.2 Å². The lowest BCUT2D eigenvalue weighted by molar-refractivity contribution is 0.0953. The normalized spacial score (nSPS) is 10.6. The molecule has 2 aromatic carbocycles. The van der Waals surface area contributed by atoms with Gasteiger partial charge in [0.25, 0.3) is 5.91 Å². The molecule has 1 aromatic heterocycles. The highest BCUT2D eigenvalue weighted by Gasteiger charge is 2.11. The van der Waals surface area contributed by atoms with Crippen LogP contribution in [-0.4, -0.2) is 29.8 Å². The molecule has 0 atom stereocenters. The molecule has 0 bridgehead atoms. The van der Waals surface area contributed by atoms with E-state index < -0.39 is 0 Å². The van der Waals surface area contributed by atoms with Crippen molar-refractivity contribution in [1.29, 1.82) is 0 Å². The first kappa shape index (κ1) is 17.7. The minimum Gasteiger partial charge on any atom is -0.497 e. The van der Waals surface area contributed by atoms with Crippen molar-refractivity contribution in [2.45, 2.75) is 20.3 Å². The standard InChI is InChI=1S/C20H21N3O3/c1-13-7-8-15(11-14(13)2)19(24)21-10-9-18-22-23-20(26-18)16-5-4-6-17(12-16)25-3/h4-8,11-12H,9-10H2,1-3H3,(H,21,24). The molecular formula is C20H21N3O3. The highest BCUT2D eigenvalue weighted by molar-refractivity contribution is 5.94. The number of nitrogens with zero attached hydrogens (tertiary/aromatic N) is 2. The number of hydrogen-bond acceptors (Lipinski definition) is 5. The van der Waals surface area contributed by atoms with Crippen LogP contribution in [0.5, 0.6) is 5.75 Å². The summed E-state index contributed by atoms with van der Waals surface area (Å²) in [6, 6.07) is 13.1. The van der Waals surface area contributed by atoms with E-state index in [0.29, 0.717) is 30.3 Å². The molecule has 1 N–H and O–H groups in total. The van der Waals surface area contributed by atoms with E-state index in [1.165, 1.54) is 0 Å². The number of ether oxygens (including phenoxy) is 1. The summed E-state index contributed by atoms with van der Waals surface area (Å²) in [6.45, 7) is 4.43. The molecule has 0 aliphatic rings. The second kappa shape index (κ2) is 7.82. The fraction of sp³-hybridized carbons (Fsp3) is 0.250. The zero-order chi connectivity index (χ0) is 18.5. The van der Waals surface area contributed by atoms with Gasteiger partial charge in [-0.05, 0) is 55.3 Å². The van der Waals surface area contributed by atoms with E-state index in [1.54, 1.807) is 7.11 Å². The summed E-state index contributed by atoms with van der Waals surface area (Å²) in [5.74, 6) is 1.52. The smallest absolute Gasteiger partial charge is 0.251 e. The van der Waals surface area contributed by atoms with Gasteiger partial charge >= 0.3 is 0 Å². The zero-order valence-electron chi connectivity index (χ0n) is 15.1. The summed E-state index contributed by atoms with van der Waals surface area (Å²) in [6.07, 6.45) is 0.466. The second-order valence-corrected chi connectivity index (χ2v) is 6.04. The molecule has 6 heteroatoms. The molecule has 0 spiro atoms. The van der Waals surface area contributed by atoms with E-state index in [4.69, 9.17) is 9.15 Å². The van der Waals surface area contributed by atoms with Gasteiger partial charge in [0.15, 0.2) is 0 Å². The molecule has 1 heterocycles. The number of carbonyl (C=O) groups excluding carboxylic acids is 1. The van der Waals surface area contributed by atoms with Crippen molar-refractivity contribution in [3.05, 3.63) is 65.0 Å². The van der Waals surface area contributed by atoms with Crippen LogP contribution in [0.2, 0.25) is 0 Å². The van der Waals surface area contributed by atoms with E-state index >= 15 is 0 Å². The number of methoxy groups -OCH3 is 1. The number of carbonyl (C=O) groups is 1. The monoisotopic (exact) mass is 351 g/mol. The van der Waals surface area contributed by atoms with Gasteiger partial charge < -0.3 is 14.5 Å². The first-order valence-corrected chi connectivity index (χ1v) is 8.39. The van der Waals surface area contributed by atoms with Gasteiger partial charge in [0.05, 0.1) is 7.11 Å². The third-order valence-corrected chi connectivity index (χ3v) is 4.18. The summed E-state index contributed by atoms with van der Waals surface area (Å²) in [4.78, 5) is 12.2. The summed E-state index contributed by atoms with van der Waals surface area (Å²) < 4.78 is 10.9. The number of amides is 1. The van der Waals surface area contributed by atoms with Crippen molar-refractivity contribution < 1.29 is 13.9 Å². The highest BCUT2D eigenvalue weighted by atomic mass is 16.5. The molecule has 0 unspecified atom stereocenters. The summed E-state index contributed by atoms with van der Waals surface area (Å²) in [5.41, 5.74) is 3.70. The van der Waals surface area contributed by atoms with Crippen LogP contribution in [-0.2, 0) is 6.42 Å². The molecule has 3 aromatic rings. The van der Waals surface area contributed by atoms with Crippen LogP contribution in [0.4, 0.5) is 0 Å². The first-order valence-electron chi connectivity index (χ1n) is 8.39. The number of aromatic nitrogens is 2. The molecule has 134 valence electrons. The van der Waals surface area contributed by atoms with E-state index in [0.717, 1.165) is 22.4 Å². The van der Waals surface area contributed by atoms with Crippen molar-refractivity contribution in [2.75, 3.05) is 13.7 Å². The van der Waals surface area contributed by atoms with E-state index in [1.807, 2.05) is 56.3 Å². The Labute approximate surface area is 152 Å². The number of hydrogen-bond donors (Lipinski definition) is 1. The van der Waals surface area contributed by atoms with Gasteiger partial charge in [-0.2, -0.15) is 0 Å². The summed E-state index contributed by atoms with van der Waals surface area (Å²) in [7, 11) is 1.61. The topological polar surface area (TPSA) is 77.3 Å². The Morgan fingerprint density at radius 2 is 1.96 bits per heavy atom. The van der Waals surface area contributed by atoms with E-state index in [2.05, 4.69) is 15.5 Å². The molecule has 0 saturated heterocycles. The average Bonchev–Trinajstić information content (AvgIpc) is 3.13. The third-order valence-electron chi connectivity index (χ3n) is 4.18. The van der Waals surface area contributed by atoms with Gasteiger partial charge in [0.2, 0.25) is 11.8 Å². The van der Waals surface area contributed by atoms with Crippen LogP contribution in [0, 0.1) is 13.8 Å². The Morgan fingerprint density at radius 3 is 2.73 bits per heavy atom. The number of aryl methyl sites for hydroxylation is 2. The summed E-state index contributed by atoms with van der Waals surface area (Å²) >= 11 is 0. The van der Waals surface area contributed by atoms with Crippen LogP contribution in [0.25, 0.3) is 11.5 Å².